The summed E-state index contributed by atoms with van der Waals surface area (Å²) in [5.74, 6) is 0. The molecule has 0 unspecified atom stereocenters. The molecule has 1 aromatic rings. The van der Waals surface area contributed by atoms with Crippen LogP contribution < -0.4 is 51.4 Å². The molecule has 0 aliphatic rings. The average Bonchev–Trinajstić information content (AvgIpc) is 1.97. The predicted molar refractivity (Wildman–Crippen MR) is 62.6 cm³/mol. The first kappa shape index (κ1) is 17.8. The van der Waals surface area contributed by atoms with Gasteiger partial charge in [0.1, 0.15) is 10.1 Å². The van der Waals surface area contributed by atoms with Crippen molar-refractivity contribution in [3.05, 3.63) is 28.8 Å². The summed E-state index contributed by atoms with van der Waals surface area (Å²) in [6.07, 6.45) is 0. The van der Waals surface area contributed by atoms with E-state index >= 15 is 0 Å². The van der Waals surface area contributed by atoms with Crippen LogP contribution in [0.4, 0.5) is 0 Å². The largest absolute Gasteiger partial charge is 1.00 e. The van der Waals surface area contributed by atoms with Crippen LogP contribution in [0.5, 0.6) is 0 Å². The predicted octanol–water partition coefficient (Wildman–Crippen LogP) is -0.491. The number of benzene rings is 1. The second-order valence-corrected chi connectivity index (χ2v) is 6.46. The number of aryl methyl sites for hydroxylation is 2. The maximum Gasteiger partial charge on any atom is 1.00 e. The van der Waals surface area contributed by atoms with E-state index in [1.54, 1.807) is 26.0 Å². The van der Waals surface area contributed by atoms with Gasteiger partial charge in [0.25, 0.3) is 0 Å². The summed E-state index contributed by atoms with van der Waals surface area (Å²) in [5, 5.41) is 0. The molecule has 0 saturated heterocycles. The minimum absolute atomic E-state index is 0. The smallest absolute Gasteiger partial charge is 0.744 e. The SMILES string of the molecule is Cc1cc(C(C)(C)C)cc(C)c1S(=O)(=O)[O-].[K+]. The van der Waals surface area contributed by atoms with Crippen LogP contribution in [0.2, 0.25) is 0 Å². The quantitative estimate of drug-likeness (QED) is 0.515. The third-order valence-electron chi connectivity index (χ3n) is 2.58. The molecule has 0 amide bonds. The Kier molecular flexibility index (Phi) is 6.08. The molecule has 1 aromatic carbocycles. The first-order valence-corrected chi connectivity index (χ1v) is 6.52. The molecule has 0 atom stereocenters. The zero-order valence-corrected chi connectivity index (χ0v) is 15.2. The van der Waals surface area contributed by atoms with Gasteiger partial charge in [0.2, 0.25) is 0 Å². The minimum atomic E-state index is -4.38. The van der Waals surface area contributed by atoms with Crippen molar-refractivity contribution in [2.45, 2.75) is 44.9 Å². The van der Waals surface area contributed by atoms with Gasteiger partial charge in [-0.3, -0.25) is 0 Å². The summed E-state index contributed by atoms with van der Waals surface area (Å²) in [6, 6.07) is 3.55. The Hall–Kier alpha value is 0.766. The Morgan fingerprint density at radius 2 is 1.41 bits per heavy atom. The average molecular weight is 280 g/mol. The third-order valence-corrected chi connectivity index (χ3v) is 3.72. The Bertz CT molecular complexity index is 490. The molecular formula is C12H17KO3S. The summed E-state index contributed by atoms with van der Waals surface area (Å²) in [5.41, 5.74) is 2.04. The molecule has 0 radical (unpaired) electrons. The maximum atomic E-state index is 11.1. The van der Waals surface area contributed by atoms with Crippen molar-refractivity contribution in [3.8, 4) is 0 Å². The third kappa shape index (κ3) is 4.42. The van der Waals surface area contributed by atoms with Gasteiger partial charge in [0.05, 0.1) is 4.90 Å². The Morgan fingerprint density at radius 1 is 1.06 bits per heavy atom. The zero-order chi connectivity index (χ0) is 12.7. The maximum absolute atomic E-state index is 11.1. The molecule has 17 heavy (non-hydrogen) atoms. The summed E-state index contributed by atoms with van der Waals surface area (Å²) in [7, 11) is -4.38. The molecule has 0 heterocycles. The first-order chi connectivity index (χ1) is 7.03. The van der Waals surface area contributed by atoms with E-state index in [4.69, 9.17) is 0 Å². The van der Waals surface area contributed by atoms with E-state index in [-0.39, 0.29) is 61.7 Å². The summed E-state index contributed by atoms with van der Waals surface area (Å²) < 4.78 is 33.2. The molecule has 0 aliphatic carbocycles. The topological polar surface area (TPSA) is 57.2 Å². The second kappa shape index (κ2) is 5.82. The van der Waals surface area contributed by atoms with Crippen molar-refractivity contribution in [1.82, 2.24) is 0 Å². The number of rotatable bonds is 1. The van der Waals surface area contributed by atoms with Crippen LogP contribution in [-0.2, 0) is 15.5 Å². The Morgan fingerprint density at radius 3 is 1.65 bits per heavy atom. The van der Waals surface area contributed by atoms with Gasteiger partial charge < -0.3 is 4.55 Å². The van der Waals surface area contributed by atoms with Crippen LogP contribution in [0, 0.1) is 13.8 Å². The van der Waals surface area contributed by atoms with E-state index in [0.29, 0.717) is 11.1 Å². The van der Waals surface area contributed by atoms with E-state index in [0.717, 1.165) is 5.56 Å². The Balaban J connectivity index is 0.00000256. The van der Waals surface area contributed by atoms with Gasteiger partial charge in [0.15, 0.2) is 0 Å². The van der Waals surface area contributed by atoms with Crippen LogP contribution in [0.3, 0.4) is 0 Å². The van der Waals surface area contributed by atoms with Gasteiger partial charge in [-0.05, 0) is 36.0 Å². The van der Waals surface area contributed by atoms with Crippen molar-refractivity contribution >= 4 is 10.1 Å². The van der Waals surface area contributed by atoms with E-state index in [9.17, 15) is 13.0 Å². The minimum Gasteiger partial charge on any atom is -0.744 e. The van der Waals surface area contributed by atoms with Gasteiger partial charge in [-0.2, -0.15) is 0 Å². The standard InChI is InChI=1S/C12H18O3S.K/c1-8-6-10(12(3,4)5)7-9(2)11(8)16(13,14)15;/h6-7H,1-5H3,(H,13,14,15);/q;+1/p-1. The fraction of sp³-hybridized carbons (Fsp3) is 0.500. The summed E-state index contributed by atoms with van der Waals surface area (Å²) in [6.45, 7) is 9.46. The Labute approximate surface area is 146 Å². The fourth-order valence-electron chi connectivity index (χ4n) is 1.78. The molecule has 5 heteroatoms. The van der Waals surface area contributed by atoms with Crippen molar-refractivity contribution in [2.75, 3.05) is 0 Å². The fourth-order valence-corrected chi connectivity index (χ4v) is 2.68. The molecule has 0 aromatic heterocycles. The van der Waals surface area contributed by atoms with Crippen molar-refractivity contribution in [3.63, 3.8) is 0 Å². The number of hydrogen-bond donors (Lipinski definition) is 0. The molecule has 0 aliphatic heterocycles. The van der Waals surface area contributed by atoms with E-state index < -0.39 is 10.1 Å². The van der Waals surface area contributed by atoms with Crippen LogP contribution in [0.25, 0.3) is 0 Å². The molecule has 0 N–H and O–H groups in total. The second-order valence-electron chi connectivity index (χ2n) is 5.14. The van der Waals surface area contributed by atoms with Crippen LogP contribution in [0.15, 0.2) is 17.0 Å². The monoisotopic (exact) mass is 280 g/mol. The molecule has 0 spiro atoms. The van der Waals surface area contributed by atoms with Gasteiger partial charge in [0, 0.05) is 0 Å². The first-order valence-electron chi connectivity index (χ1n) is 5.11. The van der Waals surface area contributed by atoms with Gasteiger partial charge in [-0.15, -0.1) is 0 Å². The number of hydrogen-bond acceptors (Lipinski definition) is 3. The van der Waals surface area contributed by atoms with E-state index in [1.165, 1.54) is 0 Å². The summed E-state index contributed by atoms with van der Waals surface area (Å²) in [4.78, 5) is -0.0829. The summed E-state index contributed by atoms with van der Waals surface area (Å²) >= 11 is 0. The zero-order valence-electron chi connectivity index (χ0n) is 11.3. The van der Waals surface area contributed by atoms with Crippen LogP contribution in [0.1, 0.15) is 37.5 Å². The molecule has 1 rings (SSSR count). The van der Waals surface area contributed by atoms with Crippen LogP contribution in [-0.4, -0.2) is 13.0 Å². The molecule has 90 valence electrons. The molecule has 3 nitrogen and oxygen atoms in total. The van der Waals surface area contributed by atoms with Gasteiger partial charge in [-0.25, -0.2) is 8.42 Å². The van der Waals surface area contributed by atoms with Crippen molar-refractivity contribution in [1.29, 1.82) is 0 Å². The van der Waals surface area contributed by atoms with Crippen molar-refractivity contribution in [2.24, 2.45) is 0 Å². The molecule has 0 bridgehead atoms. The van der Waals surface area contributed by atoms with E-state index in [2.05, 4.69) is 0 Å². The van der Waals surface area contributed by atoms with E-state index in [1.807, 2.05) is 20.8 Å². The van der Waals surface area contributed by atoms with Crippen LogP contribution >= 0.6 is 0 Å². The molecule has 0 fully saturated rings. The van der Waals surface area contributed by atoms with Gasteiger partial charge in [-0.1, -0.05) is 32.9 Å². The molecular weight excluding hydrogens is 263 g/mol. The van der Waals surface area contributed by atoms with Crippen molar-refractivity contribution < 1.29 is 64.4 Å². The van der Waals surface area contributed by atoms with Gasteiger partial charge >= 0.3 is 51.4 Å². The molecule has 0 saturated carbocycles. The normalized spacial score (nSPS) is 12.1.